The quantitative estimate of drug-likeness (QED) is 0.782. The number of rotatable bonds is 5. The summed E-state index contributed by atoms with van der Waals surface area (Å²) in [6.45, 7) is 3.52. The van der Waals surface area contributed by atoms with Crippen LogP contribution in [-0.2, 0) is 12.8 Å². The van der Waals surface area contributed by atoms with Gasteiger partial charge in [0, 0.05) is 25.2 Å². The van der Waals surface area contributed by atoms with E-state index in [4.69, 9.17) is 9.47 Å². The lowest BCUT2D eigenvalue weighted by atomic mass is 9.81. The molecule has 5 rings (SSSR count). The summed E-state index contributed by atoms with van der Waals surface area (Å²) in [6, 6.07) is 14.5. The average molecular weight is 407 g/mol. The van der Waals surface area contributed by atoms with E-state index in [9.17, 15) is 0 Å². The summed E-state index contributed by atoms with van der Waals surface area (Å²) < 4.78 is 11.1. The minimum absolute atomic E-state index is 0.424. The molecule has 4 heteroatoms. The van der Waals surface area contributed by atoms with Crippen LogP contribution in [0.15, 0.2) is 36.4 Å². The van der Waals surface area contributed by atoms with Crippen molar-refractivity contribution in [1.29, 1.82) is 0 Å². The van der Waals surface area contributed by atoms with Gasteiger partial charge in [-0.05, 0) is 85.4 Å². The van der Waals surface area contributed by atoms with Crippen molar-refractivity contribution in [3.63, 3.8) is 0 Å². The van der Waals surface area contributed by atoms with Gasteiger partial charge in [0.15, 0.2) is 11.5 Å². The highest BCUT2D eigenvalue weighted by Crippen LogP contribution is 2.41. The number of fused-ring (bicyclic) bond motifs is 4. The summed E-state index contributed by atoms with van der Waals surface area (Å²) in [5.41, 5.74) is 5.97. The Kier molecular flexibility index (Phi) is 5.70. The number of nitrogens with zero attached hydrogens (tertiary/aromatic N) is 1. The van der Waals surface area contributed by atoms with E-state index in [1.807, 2.05) is 0 Å². The fourth-order valence-electron chi connectivity index (χ4n) is 5.94. The van der Waals surface area contributed by atoms with Crippen molar-refractivity contribution in [2.75, 3.05) is 33.9 Å². The van der Waals surface area contributed by atoms with Crippen molar-refractivity contribution in [3.05, 3.63) is 58.7 Å². The molecule has 160 valence electrons. The fourth-order valence-corrected chi connectivity index (χ4v) is 5.94. The lowest BCUT2D eigenvalue weighted by Gasteiger charge is -2.44. The topological polar surface area (TPSA) is 33.7 Å². The van der Waals surface area contributed by atoms with Gasteiger partial charge in [-0.15, -0.1) is 0 Å². The number of methoxy groups -OCH3 is 2. The molecule has 0 saturated carbocycles. The van der Waals surface area contributed by atoms with Crippen molar-refractivity contribution in [2.24, 2.45) is 5.92 Å². The number of piperidine rings is 1. The van der Waals surface area contributed by atoms with Gasteiger partial charge in [0.2, 0.25) is 0 Å². The van der Waals surface area contributed by atoms with Gasteiger partial charge in [0.05, 0.1) is 14.2 Å². The second-order valence-corrected chi connectivity index (χ2v) is 9.14. The van der Waals surface area contributed by atoms with Gasteiger partial charge >= 0.3 is 0 Å². The number of hydrogen-bond donors (Lipinski definition) is 1. The molecule has 3 atom stereocenters. The summed E-state index contributed by atoms with van der Waals surface area (Å²) in [5.74, 6) is 2.50. The second-order valence-electron chi connectivity index (χ2n) is 9.14. The summed E-state index contributed by atoms with van der Waals surface area (Å²) >= 11 is 0. The molecule has 30 heavy (non-hydrogen) atoms. The molecule has 1 fully saturated rings. The van der Waals surface area contributed by atoms with E-state index in [1.165, 1.54) is 56.3 Å². The molecule has 0 radical (unpaired) electrons. The van der Waals surface area contributed by atoms with Crippen LogP contribution in [0.5, 0.6) is 11.5 Å². The standard InChI is InChI=1S/C26H34N2O2/c1-29-25-15-20-11-13-27-23(22(20)16-26(25)30-2)9-7-18-8-10-24-21-6-4-3-5-19(21)12-14-28(24)17-18/h3-6,15-16,18,23-24,27H,7-14,17H2,1-2H3/t18-,23+,24+/m1/s1. The number of benzene rings is 2. The van der Waals surface area contributed by atoms with Crippen molar-refractivity contribution in [3.8, 4) is 11.5 Å². The Hall–Kier alpha value is -2.04. The van der Waals surface area contributed by atoms with E-state index in [0.717, 1.165) is 30.4 Å². The van der Waals surface area contributed by atoms with Gasteiger partial charge in [-0.25, -0.2) is 0 Å². The van der Waals surface area contributed by atoms with Crippen LogP contribution in [0.1, 0.15) is 60.0 Å². The molecule has 4 nitrogen and oxygen atoms in total. The van der Waals surface area contributed by atoms with Gasteiger partial charge in [-0.2, -0.15) is 0 Å². The molecular weight excluding hydrogens is 372 g/mol. The van der Waals surface area contributed by atoms with Crippen LogP contribution in [0, 0.1) is 5.92 Å². The van der Waals surface area contributed by atoms with Crippen LogP contribution in [0.2, 0.25) is 0 Å². The highest BCUT2D eigenvalue weighted by atomic mass is 16.5. The Balaban J connectivity index is 1.24. The lowest BCUT2D eigenvalue weighted by molar-refractivity contribution is 0.0926. The van der Waals surface area contributed by atoms with Gasteiger partial charge in [-0.1, -0.05) is 24.3 Å². The molecule has 0 amide bonds. The maximum absolute atomic E-state index is 5.57. The minimum atomic E-state index is 0.424. The summed E-state index contributed by atoms with van der Waals surface area (Å²) in [6.07, 6.45) is 7.41. The van der Waals surface area contributed by atoms with Crippen LogP contribution in [-0.4, -0.2) is 38.8 Å². The van der Waals surface area contributed by atoms with E-state index in [2.05, 4.69) is 46.6 Å². The van der Waals surface area contributed by atoms with Gasteiger partial charge in [-0.3, -0.25) is 4.90 Å². The van der Waals surface area contributed by atoms with E-state index < -0.39 is 0 Å². The Morgan fingerprint density at radius 3 is 2.63 bits per heavy atom. The molecule has 0 bridgehead atoms. The SMILES string of the molecule is COc1cc2c(cc1OC)[C@H](CC[C@@H]1CC[C@H]3c4ccccc4CCN3C1)NCC2. The summed E-state index contributed by atoms with van der Waals surface area (Å²) in [5, 5.41) is 3.76. The Labute approximate surface area is 180 Å². The molecule has 3 heterocycles. The number of nitrogens with one attached hydrogen (secondary N) is 1. The molecular formula is C26H34N2O2. The third-order valence-corrected chi connectivity index (χ3v) is 7.53. The van der Waals surface area contributed by atoms with Crippen LogP contribution >= 0.6 is 0 Å². The molecule has 1 saturated heterocycles. The first-order valence-corrected chi connectivity index (χ1v) is 11.6. The third kappa shape index (κ3) is 3.72. The highest BCUT2D eigenvalue weighted by Gasteiger charge is 2.33. The van der Waals surface area contributed by atoms with Crippen LogP contribution in [0.25, 0.3) is 0 Å². The van der Waals surface area contributed by atoms with E-state index in [1.54, 1.807) is 25.3 Å². The largest absolute Gasteiger partial charge is 0.493 e. The smallest absolute Gasteiger partial charge is 0.161 e. The lowest BCUT2D eigenvalue weighted by Crippen LogP contribution is -2.42. The predicted octanol–water partition coefficient (Wildman–Crippen LogP) is 4.68. The van der Waals surface area contributed by atoms with Crippen molar-refractivity contribution in [2.45, 2.75) is 50.6 Å². The van der Waals surface area contributed by atoms with Crippen molar-refractivity contribution < 1.29 is 9.47 Å². The zero-order valence-corrected chi connectivity index (χ0v) is 18.3. The maximum atomic E-state index is 5.57. The van der Waals surface area contributed by atoms with Gasteiger partial charge < -0.3 is 14.8 Å². The summed E-state index contributed by atoms with van der Waals surface area (Å²) in [7, 11) is 3.45. The predicted molar refractivity (Wildman–Crippen MR) is 120 cm³/mol. The minimum Gasteiger partial charge on any atom is -0.493 e. The molecule has 3 aliphatic heterocycles. The molecule has 2 aromatic rings. The fraction of sp³-hybridized carbons (Fsp3) is 0.538. The molecule has 0 unspecified atom stereocenters. The third-order valence-electron chi connectivity index (χ3n) is 7.53. The van der Waals surface area contributed by atoms with E-state index in [-0.39, 0.29) is 0 Å². The Morgan fingerprint density at radius 2 is 1.77 bits per heavy atom. The monoisotopic (exact) mass is 406 g/mol. The maximum Gasteiger partial charge on any atom is 0.161 e. The highest BCUT2D eigenvalue weighted by molar-refractivity contribution is 5.49. The summed E-state index contributed by atoms with van der Waals surface area (Å²) in [4.78, 5) is 2.76. The molecule has 0 aromatic heterocycles. The molecule has 1 N–H and O–H groups in total. The first kappa shape index (κ1) is 19.9. The first-order valence-electron chi connectivity index (χ1n) is 11.6. The van der Waals surface area contributed by atoms with Crippen molar-refractivity contribution in [1.82, 2.24) is 10.2 Å². The zero-order valence-electron chi connectivity index (χ0n) is 18.3. The molecule has 3 aliphatic rings. The second kappa shape index (κ2) is 8.60. The van der Waals surface area contributed by atoms with E-state index in [0.29, 0.717) is 12.1 Å². The Morgan fingerprint density at radius 1 is 0.933 bits per heavy atom. The molecule has 0 aliphatic carbocycles. The Bertz CT molecular complexity index is 897. The van der Waals surface area contributed by atoms with E-state index >= 15 is 0 Å². The molecule has 0 spiro atoms. The number of ether oxygens (including phenoxy) is 2. The van der Waals surface area contributed by atoms with Gasteiger partial charge in [0.1, 0.15) is 0 Å². The normalized spacial score (nSPS) is 25.7. The van der Waals surface area contributed by atoms with Crippen LogP contribution in [0.4, 0.5) is 0 Å². The van der Waals surface area contributed by atoms with Gasteiger partial charge in [0.25, 0.3) is 0 Å². The van der Waals surface area contributed by atoms with Crippen LogP contribution in [0.3, 0.4) is 0 Å². The first-order chi connectivity index (χ1) is 14.8. The van der Waals surface area contributed by atoms with Crippen LogP contribution < -0.4 is 14.8 Å². The zero-order chi connectivity index (χ0) is 20.5. The molecule has 2 aromatic carbocycles. The average Bonchev–Trinajstić information content (AvgIpc) is 2.81. The number of hydrogen-bond acceptors (Lipinski definition) is 4. The van der Waals surface area contributed by atoms with Crippen molar-refractivity contribution >= 4 is 0 Å².